The largest absolute Gasteiger partial charge is 0.355 e. The van der Waals surface area contributed by atoms with Crippen molar-refractivity contribution in [2.24, 2.45) is 5.92 Å². The van der Waals surface area contributed by atoms with Crippen LogP contribution in [0.25, 0.3) is 0 Å². The molecule has 0 bridgehead atoms. The molecule has 16 heavy (non-hydrogen) atoms. The maximum Gasteiger partial charge on any atom is 0.224 e. The molecule has 1 aromatic carbocycles. The number of hydrogen-bond acceptors (Lipinski definition) is 2. The highest BCUT2D eigenvalue weighted by atomic mass is 35.5. The van der Waals surface area contributed by atoms with Gasteiger partial charge in [-0.25, -0.2) is 0 Å². The van der Waals surface area contributed by atoms with Crippen molar-refractivity contribution in [2.75, 3.05) is 6.54 Å². The lowest BCUT2D eigenvalue weighted by molar-refractivity contribution is -0.120. The first-order chi connectivity index (χ1) is 7.61. The highest BCUT2D eigenvalue weighted by molar-refractivity contribution is 6.30. The molecule has 0 aliphatic heterocycles. The second kappa shape index (κ2) is 6.14. The molecule has 1 atom stereocenters. The third-order valence-corrected chi connectivity index (χ3v) is 2.31. The fraction of sp³-hybridized carbons (Fsp3) is 0.333. The molecule has 1 unspecified atom stereocenters. The molecule has 0 heterocycles. The Morgan fingerprint density at radius 2 is 2.38 bits per heavy atom. The van der Waals surface area contributed by atoms with E-state index in [4.69, 9.17) is 16.9 Å². The lowest BCUT2D eigenvalue weighted by atomic mass is 10.1. The molecule has 0 spiro atoms. The molecule has 3 nitrogen and oxygen atoms in total. The molecule has 1 N–H and O–H groups in total. The quantitative estimate of drug-likeness (QED) is 0.871. The molecule has 0 fully saturated rings. The summed E-state index contributed by atoms with van der Waals surface area (Å²) in [5, 5.41) is 11.9. The van der Waals surface area contributed by atoms with Gasteiger partial charge in [0.05, 0.1) is 18.4 Å². The zero-order chi connectivity index (χ0) is 12.0. The van der Waals surface area contributed by atoms with E-state index in [1.54, 1.807) is 19.1 Å². The Morgan fingerprint density at radius 1 is 1.62 bits per heavy atom. The Bertz CT molecular complexity index is 412. The summed E-state index contributed by atoms with van der Waals surface area (Å²) in [5.41, 5.74) is 0.870. The van der Waals surface area contributed by atoms with Gasteiger partial charge < -0.3 is 5.32 Å². The van der Waals surface area contributed by atoms with Crippen LogP contribution in [0.5, 0.6) is 0 Å². The standard InChI is InChI=1S/C12H13ClN2O/c1-9(7-14)8-15-12(16)6-10-3-2-4-11(13)5-10/h2-5,9H,6,8H2,1H3,(H,15,16). The second-order valence-corrected chi connectivity index (χ2v) is 4.08. The van der Waals surface area contributed by atoms with Gasteiger partial charge in [0.2, 0.25) is 5.91 Å². The number of amides is 1. The van der Waals surface area contributed by atoms with Gasteiger partial charge in [-0.2, -0.15) is 5.26 Å². The van der Waals surface area contributed by atoms with Crippen LogP contribution in [0.1, 0.15) is 12.5 Å². The fourth-order valence-electron chi connectivity index (χ4n) is 1.21. The van der Waals surface area contributed by atoms with Gasteiger partial charge in [0, 0.05) is 11.6 Å². The number of hydrogen-bond donors (Lipinski definition) is 1. The number of nitrogens with zero attached hydrogens (tertiary/aromatic N) is 1. The summed E-state index contributed by atoms with van der Waals surface area (Å²) in [6.07, 6.45) is 0.290. The van der Waals surface area contributed by atoms with Gasteiger partial charge in [-0.05, 0) is 24.6 Å². The summed E-state index contributed by atoms with van der Waals surface area (Å²) in [5.74, 6) is -0.257. The van der Waals surface area contributed by atoms with Crippen LogP contribution in [0, 0.1) is 17.2 Å². The van der Waals surface area contributed by atoms with E-state index < -0.39 is 0 Å². The number of benzene rings is 1. The van der Waals surface area contributed by atoms with Gasteiger partial charge in [-0.3, -0.25) is 4.79 Å². The first-order valence-corrected chi connectivity index (χ1v) is 5.40. The number of rotatable bonds is 4. The monoisotopic (exact) mass is 236 g/mol. The van der Waals surface area contributed by atoms with E-state index >= 15 is 0 Å². The number of halogens is 1. The van der Waals surface area contributed by atoms with Crippen LogP contribution in [0.3, 0.4) is 0 Å². The number of nitrogens with one attached hydrogen (secondary N) is 1. The molecule has 1 amide bonds. The molecule has 0 aromatic heterocycles. The topological polar surface area (TPSA) is 52.9 Å². The normalized spacial score (nSPS) is 11.6. The van der Waals surface area contributed by atoms with Crippen molar-refractivity contribution < 1.29 is 4.79 Å². The SMILES string of the molecule is CC(C#N)CNC(=O)Cc1cccc(Cl)c1. The van der Waals surface area contributed by atoms with E-state index in [0.29, 0.717) is 18.0 Å². The molecule has 0 radical (unpaired) electrons. The summed E-state index contributed by atoms with van der Waals surface area (Å²) in [6.45, 7) is 2.15. The second-order valence-electron chi connectivity index (χ2n) is 3.64. The van der Waals surface area contributed by atoms with Crippen molar-refractivity contribution in [3.8, 4) is 6.07 Å². The van der Waals surface area contributed by atoms with Crippen LogP contribution in [-0.2, 0) is 11.2 Å². The first kappa shape index (κ1) is 12.5. The zero-order valence-electron chi connectivity index (χ0n) is 9.03. The summed E-state index contributed by atoms with van der Waals surface area (Å²) in [4.78, 5) is 11.5. The average molecular weight is 237 g/mol. The maximum atomic E-state index is 11.5. The van der Waals surface area contributed by atoms with Crippen LogP contribution >= 0.6 is 11.6 Å². The number of carbonyl (C=O) groups is 1. The predicted octanol–water partition coefficient (Wildman–Crippen LogP) is 2.16. The summed E-state index contributed by atoms with van der Waals surface area (Å²) in [7, 11) is 0. The average Bonchev–Trinajstić information content (AvgIpc) is 2.26. The summed E-state index contributed by atoms with van der Waals surface area (Å²) in [6, 6.07) is 9.24. The van der Waals surface area contributed by atoms with E-state index in [2.05, 4.69) is 11.4 Å². The highest BCUT2D eigenvalue weighted by Crippen LogP contribution is 2.10. The Balaban J connectivity index is 2.43. The van der Waals surface area contributed by atoms with Crippen LogP contribution in [0.15, 0.2) is 24.3 Å². The molecule has 0 aliphatic rings. The Kier molecular flexibility index (Phi) is 4.81. The van der Waals surface area contributed by atoms with Gasteiger partial charge in [0.25, 0.3) is 0 Å². The molecule has 1 aromatic rings. The van der Waals surface area contributed by atoms with E-state index in [9.17, 15) is 4.79 Å². The van der Waals surface area contributed by atoms with Crippen LogP contribution in [-0.4, -0.2) is 12.5 Å². The molecule has 4 heteroatoms. The molecule has 0 aliphatic carbocycles. The number of nitriles is 1. The van der Waals surface area contributed by atoms with Crippen molar-refractivity contribution in [1.82, 2.24) is 5.32 Å². The van der Waals surface area contributed by atoms with E-state index in [0.717, 1.165) is 5.56 Å². The zero-order valence-corrected chi connectivity index (χ0v) is 9.79. The van der Waals surface area contributed by atoms with E-state index in [1.807, 2.05) is 12.1 Å². The van der Waals surface area contributed by atoms with Gasteiger partial charge >= 0.3 is 0 Å². The Morgan fingerprint density at radius 3 is 3.00 bits per heavy atom. The summed E-state index contributed by atoms with van der Waals surface area (Å²) >= 11 is 5.80. The first-order valence-electron chi connectivity index (χ1n) is 5.02. The minimum absolute atomic E-state index is 0.0932. The minimum Gasteiger partial charge on any atom is -0.355 e. The van der Waals surface area contributed by atoms with Crippen LogP contribution < -0.4 is 5.32 Å². The Hall–Kier alpha value is -1.53. The van der Waals surface area contributed by atoms with E-state index in [1.165, 1.54) is 0 Å². The smallest absolute Gasteiger partial charge is 0.224 e. The van der Waals surface area contributed by atoms with Crippen LogP contribution in [0.4, 0.5) is 0 Å². The molecule has 1 rings (SSSR count). The molecular weight excluding hydrogens is 224 g/mol. The minimum atomic E-state index is -0.164. The van der Waals surface area contributed by atoms with Crippen molar-refractivity contribution in [1.29, 1.82) is 5.26 Å². The third-order valence-electron chi connectivity index (χ3n) is 2.08. The predicted molar refractivity (Wildman–Crippen MR) is 62.9 cm³/mol. The number of carbonyl (C=O) groups excluding carboxylic acids is 1. The lowest BCUT2D eigenvalue weighted by Crippen LogP contribution is -2.29. The van der Waals surface area contributed by atoms with Crippen molar-refractivity contribution in [2.45, 2.75) is 13.3 Å². The van der Waals surface area contributed by atoms with Gasteiger partial charge in [0.1, 0.15) is 0 Å². The van der Waals surface area contributed by atoms with Gasteiger partial charge in [-0.15, -0.1) is 0 Å². The molecular formula is C12H13ClN2O. The fourth-order valence-corrected chi connectivity index (χ4v) is 1.42. The maximum absolute atomic E-state index is 11.5. The van der Waals surface area contributed by atoms with Gasteiger partial charge in [-0.1, -0.05) is 23.7 Å². The lowest BCUT2D eigenvalue weighted by Gasteiger charge is -2.06. The van der Waals surface area contributed by atoms with Crippen molar-refractivity contribution >= 4 is 17.5 Å². The Labute approximate surface area is 100 Å². The van der Waals surface area contributed by atoms with E-state index in [-0.39, 0.29) is 11.8 Å². The summed E-state index contributed by atoms with van der Waals surface area (Å²) < 4.78 is 0. The van der Waals surface area contributed by atoms with Crippen LogP contribution in [0.2, 0.25) is 5.02 Å². The third kappa shape index (κ3) is 4.33. The molecule has 0 saturated carbocycles. The van der Waals surface area contributed by atoms with Crippen molar-refractivity contribution in [3.63, 3.8) is 0 Å². The highest BCUT2D eigenvalue weighted by Gasteiger charge is 2.05. The van der Waals surface area contributed by atoms with Crippen molar-refractivity contribution in [3.05, 3.63) is 34.9 Å². The molecule has 84 valence electrons. The molecule has 0 saturated heterocycles. The van der Waals surface area contributed by atoms with Gasteiger partial charge in [0.15, 0.2) is 0 Å².